The van der Waals surface area contributed by atoms with Crippen molar-refractivity contribution in [1.29, 1.82) is 0 Å². The molecule has 0 unspecified atom stereocenters. The van der Waals surface area contributed by atoms with E-state index in [1.807, 2.05) is 42.5 Å². The zero-order valence-electron chi connectivity index (χ0n) is 23.7. The molecule has 1 saturated carbocycles. The van der Waals surface area contributed by atoms with Crippen LogP contribution >= 0.6 is 0 Å². The summed E-state index contributed by atoms with van der Waals surface area (Å²) in [5, 5.41) is 0.929. The summed E-state index contributed by atoms with van der Waals surface area (Å²) in [4.78, 5) is 14.3. The van der Waals surface area contributed by atoms with Crippen LogP contribution in [0.1, 0.15) is 31.7 Å². The van der Waals surface area contributed by atoms with E-state index in [2.05, 4.69) is 37.7 Å². The van der Waals surface area contributed by atoms with Gasteiger partial charge in [-0.05, 0) is 55.5 Å². The highest BCUT2D eigenvalue weighted by Gasteiger charge is 2.30. The molecular weight excluding hydrogens is 514 g/mol. The molecule has 9 nitrogen and oxygen atoms in total. The first-order valence-corrected chi connectivity index (χ1v) is 14.9. The third kappa shape index (κ3) is 6.38. The van der Waals surface area contributed by atoms with Crippen LogP contribution in [0, 0.1) is 0 Å². The molecule has 4 N–H and O–H groups in total. The number of piperazine rings is 1. The minimum Gasteiger partial charge on any atom is -0.457 e. The van der Waals surface area contributed by atoms with Crippen LogP contribution in [0.3, 0.4) is 0 Å². The van der Waals surface area contributed by atoms with Crippen molar-refractivity contribution in [3.8, 4) is 22.6 Å². The largest absolute Gasteiger partial charge is 0.457 e. The molecular formula is C32H41N7O2. The van der Waals surface area contributed by atoms with Crippen molar-refractivity contribution in [2.45, 2.75) is 37.8 Å². The molecule has 2 aromatic heterocycles. The number of hydrogen-bond acceptors (Lipinski definition) is 8. The molecule has 0 atom stereocenters. The van der Waals surface area contributed by atoms with E-state index >= 15 is 0 Å². The van der Waals surface area contributed by atoms with E-state index in [0.29, 0.717) is 31.1 Å². The number of anilines is 1. The van der Waals surface area contributed by atoms with Crippen molar-refractivity contribution < 1.29 is 9.47 Å². The lowest BCUT2D eigenvalue weighted by Gasteiger charge is -2.42. The van der Waals surface area contributed by atoms with Gasteiger partial charge in [-0.3, -0.25) is 9.80 Å². The Kier molecular flexibility index (Phi) is 8.77. The summed E-state index contributed by atoms with van der Waals surface area (Å²) in [6, 6.07) is 19.1. The molecule has 0 radical (unpaired) electrons. The Balaban J connectivity index is 1.11. The lowest BCUT2D eigenvalue weighted by Crippen LogP contribution is -2.51. The summed E-state index contributed by atoms with van der Waals surface area (Å²) in [7, 11) is 0. The van der Waals surface area contributed by atoms with E-state index in [9.17, 15) is 0 Å². The Labute approximate surface area is 242 Å². The van der Waals surface area contributed by atoms with E-state index in [4.69, 9.17) is 25.9 Å². The second kappa shape index (κ2) is 13.0. The summed E-state index contributed by atoms with van der Waals surface area (Å²) in [5.74, 6) is 2.14. The van der Waals surface area contributed by atoms with Gasteiger partial charge in [0.2, 0.25) is 0 Å². The van der Waals surface area contributed by atoms with Gasteiger partial charge >= 0.3 is 0 Å². The SMILES string of the molecule is NCCOCCN1CCN([C@H]2CC[C@H](n3cc(-c4ccc(Oc5ccccc5)cc4)c4c(N)ncnc43)CC2)CC1. The quantitative estimate of drug-likeness (QED) is 0.275. The summed E-state index contributed by atoms with van der Waals surface area (Å²) in [6.45, 7) is 7.51. The van der Waals surface area contributed by atoms with Crippen LogP contribution in [0.25, 0.3) is 22.2 Å². The molecule has 2 aliphatic rings. The average Bonchev–Trinajstić information content (AvgIpc) is 3.42. The fraction of sp³-hybridized carbons (Fsp3) is 0.438. The van der Waals surface area contributed by atoms with E-state index in [1.54, 1.807) is 6.33 Å². The van der Waals surface area contributed by atoms with Crippen LogP contribution in [-0.2, 0) is 4.74 Å². The molecule has 2 fully saturated rings. The minimum atomic E-state index is 0.401. The molecule has 216 valence electrons. The Hall–Kier alpha value is -3.50. The van der Waals surface area contributed by atoms with Crippen molar-refractivity contribution in [2.24, 2.45) is 5.73 Å². The summed E-state index contributed by atoms with van der Waals surface area (Å²) >= 11 is 0. The van der Waals surface area contributed by atoms with Crippen LogP contribution < -0.4 is 16.2 Å². The molecule has 1 aliphatic carbocycles. The monoisotopic (exact) mass is 555 g/mol. The number of ether oxygens (including phenoxy) is 2. The van der Waals surface area contributed by atoms with Crippen LogP contribution in [0.15, 0.2) is 67.1 Å². The third-order valence-electron chi connectivity index (χ3n) is 8.58. The normalized spacial score (nSPS) is 20.4. The topological polar surface area (TPSA) is 108 Å². The van der Waals surface area contributed by atoms with Gasteiger partial charge in [0.15, 0.2) is 0 Å². The van der Waals surface area contributed by atoms with Gasteiger partial charge in [0, 0.05) is 63.1 Å². The lowest BCUT2D eigenvalue weighted by atomic mass is 9.89. The maximum Gasteiger partial charge on any atom is 0.146 e. The van der Waals surface area contributed by atoms with Crippen LogP contribution in [0.4, 0.5) is 5.82 Å². The first-order chi connectivity index (χ1) is 20.2. The summed E-state index contributed by atoms with van der Waals surface area (Å²) < 4.78 is 13.9. The maximum atomic E-state index is 6.43. The fourth-order valence-electron chi connectivity index (χ4n) is 6.37. The molecule has 6 rings (SSSR count). The fourth-order valence-corrected chi connectivity index (χ4v) is 6.37. The zero-order chi connectivity index (χ0) is 28.0. The molecule has 3 heterocycles. The molecule has 9 heteroatoms. The zero-order valence-corrected chi connectivity index (χ0v) is 23.7. The number of benzene rings is 2. The molecule has 1 saturated heterocycles. The number of para-hydroxylation sites is 1. The molecule has 0 amide bonds. The second-order valence-electron chi connectivity index (χ2n) is 11.1. The Morgan fingerprint density at radius 2 is 1.51 bits per heavy atom. The highest BCUT2D eigenvalue weighted by Crippen LogP contribution is 2.39. The second-order valence-corrected chi connectivity index (χ2v) is 11.1. The smallest absolute Gasteiger partial charge is 0.146 e. The predicted octanol–water partition coefficient (Wildman–Crippen LogP) is 4.55. The number of nitrogens with two attached hydrogens (primary N) is 2. The predicted molar refractivity (Wildman–Crippen MR) is 163 cm³/mol. The Morgan fingerprint density at radius 1 is 0.805 bits per heavy atom. The number of nitrogen functional groups attached to an aromatic ring is 1. The molecule has 4 aromatic rings. The van der Waals surface area contributed by atoms with Crippen LogP contribution in [-0.4, -0.2) is 82.9 Å². The van der Waals surface area contributed by atoms with Crippen molar-refractivity contribution in [3.05, 3.63) is 67.1 Å². The number of aromatic nitrogens is 3. The van der Waals surface area contributed by atoms with E-state index in [1.165, 1.54) is 12.8 Å². The van der Waals surface area contributed by atoms with Crippen LogP contribution in [0.5, 0.6) is 11.5 Å². The van der Waals surface area contributed by atoms with Crippen molar-refractivity contribution in [3.63, 3.8) is 0 Å². The number of fused-ring (bicyclic) bond motifs is 1. The van der Waals surface area contributed by atoms with E-state index in [-0.39, 0.29) is 0 Å². The summed E-state index contributed by atoms with van der Waals surface area (Å²) in [6.07, 6.45) is 8.49. The van der Waals surface area contributed by atoms with Gasteiger partial charge in [0.1, 0.15) is 29.3 Å². The number of hydrogen-bond donors (Lipinski definition) is 2. The van der Waals surface area contributed by atoms with Crippen LogP contribution in [0.2, 0.25) is 0 Å². The first kappa shape index (κ1) is 27.7. The molecule has 41 heavy (non-hydrogen) atoms. The standard InChI is InChI=1S/C32H41N7O2/c33-14-20-40-21-19-37-15-17-38(18-16-37)25-8-10-26(11-9-25)39-22-29(30-31(34)35-23-36-32(30)39)24-6-12-28(13-7-24)41-27-4-2-1-3-5-27/h1-7,12-13,22-23,25-26H,8-11,14-21,33H2,(H2,34,35,36)/t25-,26-. The van der Waals surface area contributed by atoms with Crippen molar-refractivity contribution >= 4 is 16.9 Å². The first-order valence-electron chi connectivity index (χ1n) is 14.9. The summed E-state index contributed by atoms with van der Waals surface area (Å²) in [5.41, 5.74) is 15.0. The van der Waals surface area contributed by atoms with Gasteiger partial charge in [-0.1, -0.05) is 30.3 Å². The lowest BCUT2D eigenvalue weighted by molar-refractivity contribution is 0.0504. The van der Waals surface area contributed by atoms with Gasteiger partial charge in [0.25, 0.3) is 0 Å². The maximum absolute atomic E-state index is 6.43. The molecule has 0 spiro atoms. The van der Waals surface area contributed by atoms with E-state index < -0.39 is 0 Å². The van der Waals surface area contributed by atoms with E-state index in [0.717, 1.165) is 85.8 Å². The number of rotatable bonds is 10. The molecule has 2 aromatic carbocycles. The van der Waals surface area contributed by atoms with Crippen molar-refractivity contribution in [2.75, 3.05) is 58.2 Å². The minimum absolute atomic E-state index is 0.401. The average molecular weight is 556 g/mol. The molecule has 1 aliphatic heterocycles. The third-order valence-corrected chi connectivity index (χ3v) is 8.58. The highest BCUT2D eigenvalue weighted by molar-refractivity contribution is 6.00. The van der Waals surface area contributed by atoms with Gasteiger partial charge < -0.3 is 25.5 Å². The number of nitrogens with zero attached hydrogens (tertiary/aromatic N) is 5. The van der Waals surface area contributed by atoms with Gasteiger partial charge in [0.05, 0.1) is 18.6 Å². The van der Waals surface area contributed by atoms with Gasteiger partial charge in [-0.15, -0.1) is 0 Å². The van der Waals surface area contributed by atoms with Gasteiger partial charge in [-0.2, -0.15) is 0 Å². The Bertz CT molecular complexity index is 1390. The Morgan fingerprint density at radius 3 is 2.24 bits per heavy atom. The molecule has 0 bridgehead atoms. The van der Waals surface area contributed by atoms with Crippen molar-refractivity contribution in [1.82, 2.24) is 24.3 Å². The highest BCUT2D eigenvalue weighted by atomic mass is 16.5. The van der Waals surface area contributed by atoms with Gasteiger partial charge in [-0.25, -0.2) is 9.97 Å².